The van der Waals surface area contributed by atoms with Crippen LogP contribution in [0.4, 0.5) is 0 Å². The first-order chi connectivity index (χ1) is 13.1. The maximum absolute atomic E-state index is 13.0. The molecule has 2 aliphatic heterocycles. The van der Waals surface area contributed by atoms with Crippen LogP contribution in [0.15, 0.2) is 53.0 Å². The first-order valence-electron chi connectivity index (χ1n) is 8.80. The second kappa shape index (κ2) is 7.94. The highest BCUT2D eigenvalue weighted by atomic mass is 79.9. The summed E-state index contributed by atoms with van der Waals surface area (Å²) in [5, 5.41) is 3.13. The number of rotatable bonds is 3. The van der Waals surface area contributed by atoms with Gasteiger partial charge in [0, 0.05) is 27.8 Å². The highest BCUT2D eigenvalue weighted by Crippen LogP contribution is 2.34. The molecule has 0 radical (unpaired) electrons. The maximum Gasteiger partial charge on any atom is 0.255 e. The number of halogens is 1. The number of benzene rings is 2. The number of nitrogens with one attached hydrogen (secondary N) is 1. The minimum Gasteiger partial charge on any atom is -0.493 e. The Kier molecular flexibility index (Phi) is 5.41. The van der Waals surface area contributed by atoms with Gasteiger partial charge in [-0.1, -0.05) is 34.1 Å². The van der Waals surface area contributed by atoms with Gasteiger partial charge in [0.15, 0.2) is 0 Å². The molecule has 140 valence electrons. The molecule has 2 atom stereocenters. The van der Waals surface area contributed by atoms with Crippen molar-refractivity contribution in [1.29, 1.82) is 0 Å². The lowest BCUT2D eigenvalue weighted by molar-refractivity contribution is -0.125. The third kappa shape index (κ3) is 3.84. The SMILES string of the molecule is O=C(NC1CCOc2ccc(Br)cc21)C1CSCN1C(=O)c1ccccc1. The molecule has 0 aliphatic carbocycles. The average molecular weight is 447 g/mol. The van der Waals surface area contributed by atoms with Crippen molar-refractivity contribution in [3.8, 4) is 5.75 Å². The Morgan fingerprint density at radius 2 is 2.00 bits per heavy atom. The summed E-state index contributed by atoms with van der Waals surface area (Å²) in [5.41, 5.74) is 1.58. The molecule has 1 saturated heterocycles. The molecule has 7 heteroatoms. The number of amides is 2. The first kappa shape index (κ1) is 18.4. The number of thioether (sulfide) groups is 1. The quantitative estimate of drug-likeness (QED) is 0.782. The number of ether oxygens (including phenoxy) is 1. The number of nitrogens with zero attached hydrogens (tertiary/aromatic N) is 1. The molecule has 2 aromatic carbocycles. The third-order valence-electron chi connectivity index (χ3n) is 4.79. The van der Waals surface area contributed by atoms with Gasteiger partial charge in [0.05, 0.1) is 18.5 Å². The molecule has 1 fully saturated rings. The van der Waals surface area contributed by atoms with Crippen molar-refractivity contribution in [2.24, 2.45) is 0 Å². The molecule has 27 heavy (non-hydrogen) atoms. The highest BCUT2D eigenvalue weighted by Gasteiger charge is 2.36. The molecule has 0 bridgehead atoms. The van der Waals surface area contributed by atoms with Crippen molar-refractivity contribution < 1.29 is 14.3 Å². The van der Waals surface area contributed by atoms with E-state index in [1.807, 2.05) is 36.4 Å². The van der Waals surface area contributed by atoms with Gasteiger partial charge in [-0.25, -0.2) is 0 Å². The van der Waals surface area contributed by atoms with Crippen LogP contribution < -0.4 is 10.1 Å². The summed E-state index contributed by atoms with van der Waals surface area (Å²) in [6, 6.07) is 14.4. The van der Waals surface area contributed by atoms with Gasteiger partial charge in [-0.05, 0) is 30.3 Å². The molecule has 2 heterocycles. The lowest BCUT2D eigenvalue weighted by Crippen LogP contribution is -2.48. The van der Waals surface area contributed by atoms with Gasteiger partial charge in [0.25, 0.3) is 5.91 Å². The predicted octanol–water partition coefficient (Wildman–Crippen LogP) is 3.60. The van der Waals surface area contributed by atoms with Crippen molar-refractivity contribution in [2.75, 3.05) is 18.2 Å². The monoisotopic (exact) mass is 446 g/mol. The molecular weight excluding hydrogens is 428 g/mol. The number of fused-ring (bicyclic) bond motifs is 1. The third-order valence-corrected chi connectivity index (χ3v) is 6.30. The van der Waals surface area contributed by atoms with E-state index >= 15 is 0 Å². The fourth-order valence-electron chi connectivity index (χ4n) is 3.39. The summed E-state index contributed by atoms with van der Waals surface area (Å²) in [6.07, 6.45) is 0.710. The van der Waals surface area contributed by atoms with E-state index in [4.69, 9.17) is 4.74 Å². The number of hydrogen-bond acceptors (Lipinski definition) is 4. The fraction of sp³-hybridized carbons (Fsp3) is 0.300. The topological polar surface area (TPSA) is 58.6 Å². The standard InChI is InChI=1S/C20H19BrN2O3S/c21-14-6-7-18-15(10-14)16(8-9-26-18)22-19(24)17-11-27-12-23(17)20(25)13-4-2-1-3-5-13/h1-7,10,16-17H,8-9,11-12H2,(H,22,24). The van der Waals surface area contributed by atoms with Gasteiger partial charge in [-0.15, -0.1) is 11.8 Å². The molecule has 2 amide bonds. The molecule has 5 nitrogen and oxygen atoms in total. The lowest BCUT2D eigenvalue weighted by atomic mass is 10.00. The Hall–Kier alpha value is -1.99. The van der Waals surface area contributed by atoms with Crippen LogP contribution in [-0.4, -0.2) is 41.0 Å². The van der Waals surface area contributed by atoms with Gasteiger partial charge >= 0.3 is 0 Å². The predicted molar refractivity (Wildman–Crippen MR) is 109 cm³/mol. The zero-order valence-electron chi connectivity index (χ0n) is 14.6. The van der Waals surface area contributed by atoms with Crippen molar-refractivity contribution in [1.82, 2.24) is 10.2 Å². The Labute approximate surface area is 170 Å². The summed E-state index contributed by atoms with van der Waals surface area (Å²) >= 11 is 5.08. The molecule has 2 aromatic rings. The van der Waals surface area contributed by atoms with Gasteiger partial charge in [-0.2, -0.15) is 0 Å². The van der Waals surface area contributed by atoms with Crippen molar-refractivity contribution in [2.45, 2.75) is 18.5 Å². The van der Waals surface area contributed by atoms with Crippen molar-refractivity contribution in [3.63, 3.8) is 0 Å². The molecule has 0 saturated carbocycles. The van der Waals surface area contributed by atoms with E-state index in [1.54, 1.807) is 28.8 Å². The molecule has 1 N–H and O–H groups in total. The summed E-state index contributed by atoms with van der Waals surface area (Å²) in [5.74, 6) is 1.73. The summed E-state index contributed by atoms with van der Waals surface area (Å²) in [4.78, 5) is 27.5. The Balaban J connectivity index is 1.50. The lowest BCUT2D eigenvalue weighted by Gasteiger charge is -2.29. The number of hydrogen-bond donors (Lipinski definition) is 1. The second-order valence-electron chi connectivity index (χ2n) is 6.54. The number of carbonyl (C=O) groups is 2. The van der Waals surface area contributed by atoms with E-state index in [2.05, 4.69) is 21.2 Å². The molecule has 2 aliphatic rings. The van der Waals surface area contributed by atoms with E-state index in [9.17, 15) is 9.59 Å². The second-order valence-corrected chi connectivity index (χ2v) is 8.45. The molecule has 0 spiro atoms. The molecule has 2 unspecified atom stereocenters. The molecular formula is C20H19BrN2O3S. The molecule has 4 rings (SSSR count). The minimum absolute atomic E-state index is 0.101. The minimum atomic E-state index is -0.457. The van der Waals surface area contributed by atoms with Crippen LogP contribution in [0.25, 0.3) is 0 Å². The van der Waals surface area contributed by atoms with E-state index < -0.39 is 6.04 Å². The van der Waals surface area contributed by atoms with E-state index in [-0.39, 0.29) is 17.9 Å². The average Bonchev–Trinajstić information content (AvgIpc) is 3.18. The maximum atomic E-state index is 13.0. The summed E-state index contributed by atoms with van der Waals surface area (Å²) in [7, 11) is 0. The van der Waals surface area contributed by atoms with E-state index in [0.717, 1.165) is 15.8 Å². The van der Waals surface area contributed by atoms with Crippen LogP contribution in [0.3, 0.4) is 0 Å². The van der Waals surface area contributed by atoms with Crippen LogP contribution in [0.1, 0.15) is 28.4 Å². The van der Waals surface area contributed by atoms with Crippen LogP contribution in [-0.2, 0) is 4.79 Å². The van der Waals surface area contributed by atoms with Crippen molar-refractivity contribution in [3.05, 3.63) is 64.1 Å². The Bertz CT molecular complexity index is 862. The number of carbonyl (C=O) groups excluding carboxylic acids is 2. The zero-order chi connectivity index (χ0) is 18.8. The van der Waals surface area contributed by atoms with Crippen LogP contribution >= 0.6 is 27.7 Å². The van der Waals surface area contributed by atoms with Crippen molar-refractivity contribution >= 4 is 39.5 Å². The zero-order valence-corrected chi connectivity index (χ0v) is 17.0. The van der Waals surface area contributed by atoms with Crippen LogP contribution in [0.5, 0.6) is 5.75 Å². The Morgan fingerprint density at radius 1 is 1.19 bits per heavy atom. The normalized spacial score (nSPS) is 21.3. The van der Waals surface area contributed by atoms with Gasteiger partial charge < -0.3 is 15.0 Å². The molecule has 0 aromatic heterocycles. The smallest absolute Gasteiger partial charge is 0.255 e. The largest absolute Gasteiger partial charge is 0.493 e. The van der Waals surface area contributed by atoms with Gasteiger partial charge in [0.2, 0.25) is 5.91 Å². The van der Waals surface area contributed by atoms with Crippen LogP contribution in [0, 0.1) is 0 Å². The summed E-state index contributed by atoms with van der Waals surface area (Å²) < 4.78 is 6.64. The highest BCUT2D eigenvalue weighted by molar-refractivity contribution is 9.10. The fourth-order valence-corrected chi connectivity index (χ4v) is 4.92. The first-order valence-corrected chi connectivity index (χ1v) is 10.7. The van der Waals surface area contributed by atoms with E-state index in [0.29, 0.717) is 30.2 Å². The van der Waals surface area contributed by atoms with E-state index in [1.165, 1.54) is 0 Å². The summed E-state index contributed by atoms with van der Waals surface area (Å²) in [6.45, 7) is 0.561. The Morgan fingerprint density at radius 3 is 2.81 bits per heavy atom. The van der Waals surface area contributed by atoms with Gasteiger partial charge in [-0.3, -0.25) is 9.59 Å². The van der Waals surface area contributed by atoms with Crippen LogP contribution in [0.2, 0.25) is 0 Å². The van der Waals surface area contributed by atoms with Gasteiger partial charge in [0.1, 0.15) is 11.8 Å².